The van der Waals surface area contributed by atoms with Gasteiger partial charge < -0.3 is 15.2 Å². The van der Waals surface area contributed by atoms with E-state index in [0.29, 0.717) is 10.9 Å². The van der Waals surface area contributed by atoms with Gasteiger partial charge in [-0.3, -0.25) is 0 Å². The third-order valence-electron chi connectivity index (χ3n) is 2.27. The van der Waals surface area contributed by atoms with Crippen molar-refractivity contribution in [2.45, 2.75) is 0 Å². The lowest BCUT2D eigenvalue weighted by atomic mass is 10.1. The number of ether oxygens (including phenoxy) is 1. The lowest BCUT2D eigenvalue weighted by Crippen LogP contribution is -2.21. The van der Waals surface area contributed by atoms with Crippen molar-refractivity contribution in [3.05, 3.63) is 36.4 Å². The van der Waals surface area contributed by atoms with Gasteiger partial charge in [0.1, 0.15) is 11.5 Å². The third-order valence-corrected chi connectivity index (χ3v) is 2.56. The minimum Gasteiger partial charge on any atom is -0.507 e. The Kier molecular flexibility index (Phi) is 2.92. The van der Waals surface area contributed by atoms with Gasteiger partial charge in [0.05, 0.1) is 0 Å². The number of phenols is 1. The smallest absolute Gasteiger partial charge is 0.261 e. The molecule has 0 bridgehead atoms. The van der Waals surface area contributed by atoms with Crippen molar-refractivity contribution in [1.82, 2.24) is 5.32 Å². The molecule has 2 N–H and O–H groups in total. The van der Waals surface area contributed by atoms with Gasteiger partial charge in [0.2, 0.25) is 0 Å². The molecule has 0 aliphatic heterocycles. The third kappa shape index (κ3) is 1.92. The summed E-state index contributed by atoms with van der Waals surface area (Å²) in [4.78, 5) is 0. The summed E-state index contributed by atoms with van der Waals surface area (Å²) in [5, 5.41) is 14.3. The second-order valence-electron chi connectivity index (χ2n) is 3.27. The van der Waals surface area contributed by atoms with Crippen molar-refractivity contribution in [2.75, 3.05) is 7.05 Å². The average molecular weight is 233 g/mol. The molecule has 0 aliphatic carbocycles. The quantitative estimate of drug-likeness (QED) is 0.742. The molecule has 0 saturated heterocycles. The van der Waals surface area contributed by atoms with Crippen LogP contribution in [0.2, 0.25) is 0 Å². The lowest BCUT2D eigenvalue weighted by Gasteiger charge is -2.09. The molecule has 0 amide bonds. The van der Waals surface area contributed by atoms with Gasteiger partial charge in [-0.1, -0.05) is 24.3 Å². The van der Waals surface area contributed by atoms with Crippen LogP contribution in [0.25, 0.3) is 10.8 Å². The van der Waals surface area contributed by atoms with E-state index in [1.54, 1.807) is 19.2 Å². The molecule has 2 aromatic carbocycles. The molecular formula is C12H11NO2S. The summed E-state index contributed by atoms with van der Waals surface area (Å²) in [6, 6.07) is 10.7. The monoisotopic (exact) mass is 233 g/mol. The second kappa shape index (κ2) is 4.37. The van der Waals surface area contributed by atoms with Crippen molar-refractivity contribution in [3.8, 4) is 11.5 Å². The maximum Gasteiger partial charge on any atom is 0.261 e. The fourth-order valence-electron chi connectivity index (χ4n) is 1.50. The first-order valence-electron chi connectivity index (χ1n) is 4.82. The number of benzene rings is 2. The minimum atomic E-state index is 0.235. The van der Waals surface area contributed by atoms with Crippen molar-refractivity contribution in [3.63, 3.8) is 0 Å². The Bertz CT molecular complexity index is 540. The molecule has 0 saturated carbocycles. The van der Waals surface area contributed by atoms with E-state index in [0.717, 1.165) is 10.8 Å². The zero-order valence-electron chi connectivity index (χ0n) is 8.73. The summed E-state index contributed by atoms with van der Waals surface area (Å²) in [7, 11) is 1.70. The van der Waals surface area contributed by atoms with Crippen LogP contribution in [0.15, 0.2) is 36.4 Å². The van der Waals surface area contributed by atoms with Gasteiger partial charge in [-0.25, -0.2) is 0 Å². The highest BCUT2D eigenvalue weighted by atomic mass is 32.1. The van der Waals surface area contributed by atoms with Crippen LogP contribution >= 0.6 is 12.2 Å². The molecule has 0 atom stereocenters. The van der Waals surface area contributed by atoms with Crippen molar-refractivity contribution >= 4 is 28.2 Å². The number of phenolic OH excluding ortho intramolecular Hbond substituents is 1. The summed E-state index contributed by atoms with van der Waals surface area (Å²) >= 11 is 4.94. The van der Waals surface area contributed by atoms with Crippen molar-refractivity contribution < 1.29 is 9.84 Å². The van der Waals surface area contributed by atoms with Crippen LogP contribution in [-0.2, 0) is 0 Å². The maximum atomic E-state index is 9.68. The maximum absolute atomic E-state index is 9.68. The van der Waals surface area contributed by atoms with Crippen LogP contribution < -0.4 is 10.1 Å². The summed E-state index contributed by atoms with van der Waals surface area (Å²) in [5.41, 5.74) is 0. The van der Waals surface area contributed by atoms with Crippen LogP contribution in [0.1, 0.15) is 0 Å². The van der Waals surface area contributed by atoms with E-state index in [1.807, 2.05) is 24.3 Å². The van der Waals surface area contributed by atoms with Gasteiger partial charge in [0.15, 0.2) is 0 Å². The SMILES string of the molecule is CNC(=S)Oc1ccc(O)c2ccccc12. The second-order valence-corrected chi connectivity index (χ2v) is 3.64. The Morgan fingerprint density at radius 3 is 2.56 bits per heavy atom. The van der Waals surface area contributed by atoms with E-state index in [4.69, 9.17) is 17.0 Å². The van der Waals surface area contributed by atoms with E-state index in [1.165, 1.54) is 0 Å². The van der Waals surface area contributed by atoms with Crippen LogP contribution in [0.4, 0.5) is 0 Å². The van der Waals surface area contributed by atoms with Gasteiger partial charge >= 0.3 is 0 Å². The fraction of sp³-hybridized carbons (Fsp3) is 0.0833. The average Bonchev–Trinajstić information content (AvgIpc) is 2.33. The van der Waals surface area contributed by atoms with Gasteiger partial charge in [-0.15, -0.1) is 0 Å². The molecule has 82 valence electrons. The number of thiocarbonyl (C=S) groups is 1. The van der Waals surface area contributed by atoms with Gasteiger partial charge in [-0.05, 0) is 24.4 Å². The molecule has 0 aromatic heterocycles. The minimum absolute atomic E-state index is 0.235. The first-order valence-corrected chi connectivity index (χ1v) is 5.23. The molecule has 0 heterocycles. The van der Waals surface area contributed by atoms with E-state index >= 15 is 0 Å². The fourth-order valence-corrected chi connectivity index (χ4v) is 1.59. The Labute approximate surface area is 98.7 Å². The predicted octanol–water partition coefficient (Wildman–Crippen LogP) is 2.43. The first-order chi connectivity index (χ1) is 7.72. The Morgan fingerprint density at radius 1 is 1.19 bits per heavy atom. The standard InChI is InChI=1S/C12H11NO2S/c1-13-12(16)15-11-7-6-10(14)8-4-2-3-5-9(8)11/h2-7,14H,1H3,(H,13,16). The Hall–Kier alpha value is -1.81. The summed E-state index contributed by atoms with van der Waals surface area (Å²) in [6.45, 7) is 0. The van der Waals surface area contributed by atoms with Crippen LogP contribution in [0, 0.1) is 0 Å². The molecule has 2 rings (SSSR count). The number of nitrogens with one attached hydrogen (secondary N) is 1. The van der Waals surface area contributed by atoms with Crippen molar-refractivity contribution in [1.29, 1.82) is 0 Å². The van der Waals surface area contributed by atoms with E-state index in [2.05, 4.69) is 5.32 Å². The highest BCUT2D eigenvalue weighted by Crippen LogP contribution is 2.32. The van der Waals surface area contributed by atoms with Crippen LogP contribution in [-0.4, -0.2) is 17.3 Å². The lowest BCUT2D eigenvalue weighted by molar-refractivity contribution is 0.480. The van der Waals surface area contributed by atoms with E-state index < -0.39 is 0 Å². The number of fused-ring (bicyclic) bond motifs is 1. The topological polar surface area (TPSA) is 41.5 Å². The summed E-state index contributed by atoms with van der Waals surface area (Å²) in [6.07, 6.45) is 0. The molecule has 0 aliphatic rings. The number of hydrogen-bond donors (Lipinski definition) is 2. The van der Waals surface area contributed by atoms with E-state index in [9.17, 15) is 5.11 Å². The van der Waals surface area contributed by atoms with Gasteiger partial charge in [-0.2, -0.15) is 0 Å². The molecule has 16 heavy (non-hydrogen) atoms. The molecule has 0 unspecified atom stereocenters. The molecular weight excluding hydrogens is 222 g/mol. The number of rotatable bonds is 1. The van der Waals surface area contributed by atoms with Gasteiger partial charge in [0, 0.05) is 17.8 Å². The highest BCUT2D eigenvalue weighted by Gasteiger charge is 2.06. The molecule has 2 aromatic rings. The molecule has 0 spiro atoms. The van der Waals surface area contributed by atoms with E-state index in [-0.39, 0.29) is 5.75 Å². The number of hydrogen-bond acceptors (Lipinski definition) is 3. The van der Waals surface area contributed by atoms with Crippen LogP contribution in [0.5, 0.6) is 11.5 Å². The Morgan fingerprint density at radius 2 is 1.88 bits per heavy atom. The van der Waals surface area contributed by atoms with Crippen molar-refractivity contribution in [2.24, 2.45) is 0 Å². The zero-order chi connectivity index (χ0) is 11.5. The largest absolute Gasteiger partial charge is 0.507 e. The van der Waals surface area contributed by atoms with Crippen LogP contribution in [0.3, 0.4) is 0 Å². The van der Waals surface area contributed by atoms with Gasteiger partial charge in [0.25, 0.3) is 5.17 Å². The first kappa shape index (κ1) is 10.7. The molecule has 0 fully saturated rings. The molecule has 3 nitrogen and oxygen atoms in total. The summed E-state index contributed by atoms with van der Waals surface area (Å²) in [5.74, 6) is 0.867. The molecule has 0 radical (unpaired) electrons. The summed E-state index contributed by atoms with van der Waals surface area (Å²) < 4.78 is 5.44. The predicted molar refractivity (Wildman–Crippen MR) is 67.9 cm³/mol. The Balaban J connectivity index is 2.54. The molecule has 4 heteroatoms. The normalized spacial score (nSPS) is 10.1. The highest BCUT2D eigenvalue weighted by molar-refractivity contribution is 7.80. The zero-order valence-corrected chi connectivity index (χ0v) is 9.54. The number of aromatic hydroxyl groups is 1.